The molecular weight excluding hydrogens is 287 g/mol. The van der Waals surface area contributed by atoms with Crippen LogP contribution in [0.2, 0.25) is 0 Å². The Bertz CT molecular complexity index is 608. The van der Waals surface area contributed by atoms with Crippen LogP contribution in [0.4, 0.5) is 10.1 Å². The smallest absolute Gasteiger partial charge is 0.146 e. The van der Waals surface area contributed by atoms with Crippen molar-refractivity contribution in [3.63, 3.8) is 0 Å². The third kappa shape index (κ3) is 5.36. The average Bonchev–Trinajstić information content (AvgIpc) is 2.56. The summed E-state index contributed by atoms with van der Waals surface area (Å²) in [5, 5.41) is 3.43. The van der Waals surface area contributed by atoms with Crippen LogP contribution in [0.15, 0.2) is 42.5 Å². The van der Waals surface area contributed by atoms with Crippen LogP contribution in [0.25, 0.3) is 0 Å². The Hall–Kier alpha value is -1.87. The Morgan fingerprint density at radius 3 is 2.35 bits per heavy atom. The summed E-state index contributed by atoms with van der Waals surface area (Å²) in [6, 6.07) is 13.9. The highest BCUT2D eigenvalue weighted by atomic mass is 19.1. The van der Waals surface area contributed by atoms with E-state index in [1.807, 2.05) is 24.1 Å². The Balaban J connectivity index is 1.93. The molecular formula is C20H27FN2. The van der Waals surface area contributed by atoms with Crippen molar-refractivity contribution in [2.45, 2.75) is 39.8 Å². The van der Waals surface area contributed by atoms with Crippen molar-refractivity contribution in [2.75, 3.05) is 18.5 Å². The molecule has 0 aliphatic heterocycles. The minimum absolute atomic E-state index is 0.147. The van der Waals surface area contributed by atoms with Gasteiger partial charge in [-0.3, -0.25) is 0 Å². The molecule has 0 amide bonds. The SMILES string of the molecule is CCCCN(C)c1cc(CNCc2ccc(C)cc2)ccc1F. The van der Waals surface area contributed by atoms with E-state index in [0.717, 1.165) is 38.0 Å². The summed E-state index contributed by atoms with van der Waals surface area (Å²) in [6.07, 6.45) is 2.19. The van der Waals surface area contributed by atoms with Gasteiger partial charge in [-0.25, -0.2) is 4.39 Å². The predicted octanol–water partition coefficient (Wildman–Crippen LogP) is 4.66. The van der Waals surface area contributed by atoms with E-state index in [9.17, 15) is 4.39 Å². The molecule has 124 valence electrons. The Morgan fingerprint density at radius 2 is 1.65 bits per heavy atom. The minimum Gasteiger partial charge on any atom is -0.372 e. The first-order valence-corrected chi connectivity index (χ1v) is 8.36. The van der Waals surface area contributed by atoms with E-state index in [1.165, 1.54) is 11.1 Å². The first kappa shape index (κ1) is 17.5. The summed E-state index contributed by atoms with van der Waals surface area (Å²) < 4.78 is 14.0. The summed E-state index contributed by atoms with van der Waals surface area (Å²) in [5.74, 6) is -0.147. The van der Waals surface area contributed by atoms with Gasteiger partial charge in [0.1, 0.15) is 5.82 Å². The van der Waals surface area contributed by atoms with E-state index >= 15 is 0 Å². The molecule has 0 aliphatic carbocycles. The second-order valence-corrected chi connectivity index (χ2v) is 6.15. The Labute approximate surface area is 139 Å². The van der Waals surface area contributed by atoms with Crippen LogP contribution in [-0.4, -0.2) is 13.6 Å². The van der Waals surface area contributed by atoms with Crippen molar-refractivity contribution in [3.8, 4) is 0 Å². The van der Waals surface area contributed by atoms with Crippen LogP contribution in [0.3, 0.4) is 0 Å². The summed E-state index contributed by atoms with van der Waals surface area (Å²) in [5.41, 5.74) is 4.33. The minimum atomic E-state index is -0.147. The molecule has 1 N–H and O–H groups in total. The highest BCUT2D eigenvalue weighted by Crippen LogP contribution is 2.20. The fourth-order valence-electron chi connectivity index (χ4n) is 2.53. The first-order valence-electron chi connectivity index (χ1n) is 8.36. The van der Waals surface area contributed by atoms with Crippen LogP contribution >= 0.6 is 0 Å². The lowest BCUT2D eigenvalue weighted by molar-refractivity contribution is 0.616. The van der Waals surface area contributed by atoms with Gasteiger partial charge in [-0.1, -0.05) is 49.2 Å². The van der Waals surface area contributed by atoms with Gasteiger partial charge in [0, 0.05) is 26.7 Å². The lowest BCUT2D eigenvalue weighted by atomic mass is 10.1. The quantitative estimate of drug-likeness (QED) is 0.762. The molecule has 0 atom stereocenters. The molecule has 0 fully saturated rings. The molecule has 0 heterocycles. The van der Waals surface area contributed by atoms with E-state index in [-0.39, 0.29) is 5.82 Å². The van der Waals surface area contributed by atoms with Crippen LogP contribution in [0.5, 0.6) is 0 Å². The Morgan fingerprint density at radius 1 is 1.00 bits per heavy atom. The van der Waals surface area contributed by atoms with Gasteiger partial charge in [0.25, 0.3) is 0 Å². The standard InChI is InChI=1S/C20H27FN2/c1-4-5-12-23(3)20-13-18(10-11-19(20)21)15-22-14-17-8-6-16(2)7-9-17/h6-11,13,22H,4-5,12,14-15H2,1-3H3. The molecule has 0 unspecified atom stereocenters. The maximum atomic E-state index is 14.0. The predicted molar refractivity (Wildman–Crippen MR) is 96.3 cm³/mol. The van der Waals surface area contributed by atoms with Gasteiger partial charge in [0.15, 0.2) is 0 Å². The molecule has 2 rings (SSSR count). The molecule has 0 aliphatic rings. The van der Waals surface area contributed by atoms with Crippen molar-refractivity contribution < 1.29 is 4.39 Å². The Kier molecular flexibility index (Phi) is 6.60. The number of hydrogen-bond acceptors (Lipinski definition) is 2. The van der Waals surface area contributed by atoms with Gasteiger partial charge in [-0.2, -0.15) is 0 Å². The highest BCUT2D eigenvalue weighted by molar-refractivity contribution is 5.49. The number of anilines is 1. The summed E-state index contributed by atoms with van der Waals surface area (Å²) in [7, 11) is 1.96. The molecule has 0 saturated heterocycles. The normalized spacial score (nSPS) is 10.8. The molecule has 2 aromatic carbocycles. The second kappa shape index (κ2) is 8.68. The number of nitrogens with zero attached hydrogens (tertiary/aromatic N) is 1. The van der Waals surface area contributed by atoms with Gasteiger partial charge in [0.05, 0.1) is 5.69 Å². The third-order valence-electron chi connectivity index (χ3n) is 4.05. The summed E-state index contributed by atoms with van der Waals surface area (Å²) in [6.45, 7) is 6.68. The molecule has 2 nitrogen and oxygen atoms in total. The van der Waals surface area contributed by atoms with Gasteiger partial charge in [0.2, 0.25) is 0 Å². The van der Waals surface area contributed by atoms with Gasteiger partial charge in [-0.05, 0) is 36.6 Å². The first-order chi connectivity index (χ1) is 11.1. The summed E-state index contributed by atoms with van der Waals surface area (Å²) in [4.78, 5) is 2.00. The van der Waals surface area contributed by atoms with Crippen molar-refractivity contribution in [1.29, 1.82) is 0 Å². The van der Waals surface area contributed by atoms with Crippen molar-refractivity contribution >= 4 is 5.69 Å². The number of unbranched alkanes of at least 4 members (excludes halogenated alkanes) is 1. The van der Waals surface area contributed by atoms with Gasteiger partial charge >= 0.3 is 0 Å². The number of aryl methyl sites for hydroxylation is 1. The van der Waals surface area contributed by atoms with Crippen LogP contribution in [-0.2, 0) is 13.1 Å². The van der Waals surface area contributed by atoms with Gasteiger partial charge in [-0.15, -0.1) is 0 Å². The van der Waals surface area contributed by atoms with Crippen molar-refractivity contribution in [1.82, 2.24) is 5.32 Å². The zero-order valence-electron chi connectivity index (χ0n) is 14.4. The second-order valence-electron chi connectivity index (χ2n) is 6.15. The highest BCUT2D eigenvalue weighted by Gasteiger charge is 2.08. The van der Waals surface area contributed by atoms with Crippen LogP contribution in [0.1, 0.15) is 36.5 Å². The molecule has 3 heteroatoms. The molecule has 0 saturated carbocycles. The van der Waals surface area contributed by atoms with Crippen molar-refractivity contribution in [2.24, 2.45) is 0 Å². The number of rotatable bonds is 8. The van der Waals surface area contributed by atoms with E-state index in [4.69, 9.17) is 0 Å². The fraction of sp³-hybridized carbons (Fsp3) is 0.400. The van der Waals surface area contributed by atoms with E-state index in [1.54, 1.807) is 6.07 Å². The number of halogens is 1. The van der Waals surface area contributed by atoms with E-state index in [2.05, 4.69) is 43.4 Å². The van der Waals surface area contributed by atoms with Crippen molar-refractivity contribution in [3.05, 3.63) is 65.0 Å². The molecule has 2 aromatic rings. The lowest BCUT2D eigenvalue weighted by Gasteiger charge is -2.20. The van der Waals surface area contributed by atoms with Crippen LogP contribution in [0, 0.1) is 12.7 Å². The van der Waals surface area contributed by atoms with E-state index < -0.39 is 0 Å². The van der Waals surface area contributed by atoms with Crippen LogP contribution < -0.4 is 10.2 Å². The average molecular weight is 314 g/mol. The fourth-order valence-corrected chi connectivity index (χ4v) is 2.53. The zero-order valence-corrected chi connectivity index (χ0v) is 14.4. The summed E-state index contributed by atoms with van der Waals surface area (Å²) >= 11 is 0. The number of benzene rings is 2. The number of nitrogens with one attached hydrogen (secondary N) is 1. The molecule has 0 radical (unpaired) electrons. The molecule has 0 spiro atoms. The topological polar surface area (TPSA) is 15.3 Å². The van der Waals surface area contributed by atoms with E-state index in [0.29, 0.717) is 5.69 Å². The molecule has 0 aromatic heterocycles. The molecule has 23 heavy (non-hydrogen) atoms. The zero-order chi connectivity index (χ0) is 16.7. The maximum Gasteiger partial charge on any atom is 0.146 e. The number of hydrogen-bond donors (Lipinski definition) is 1. The molecule has 0 bridgehead atoms. The third-order valence-corrected chi connectivity index (χ3v) is 4.05. The monoisotopic (exact) mass is 314 g/mol. The van der Waals surface area contributed by atoms with Gasteiger partial charge < -0.3 is 10.2 Å². The largest absolute Gasteiger partial charge is 0.372 e. The maximum absolute atomic E-state index is 14.0. The lowest BCUT2D eigenvalue weighted by Crippen LogP contribution is -2.20.